The average molecular weight is 280 g/mol. The Labute approximate surface area is 114 Å². The van der Waals surface area contributed by atoms with Crippen LogP contribution >= 0.6 is 11.6 Å². The molecule has 0 atom stereocenters. The van der Waals surface area contributed by atoms with Crippen LogP contribution in [0.15, 0.2) is 30.5 Å². The van der Waals surface area contributed by atoms with E-state index < -0.39 is 5.97 Å². The molecule has 0 saturated carbocycles. The van der Waals surface area contributed by atoms with Gasteiger partial charge in [0.25, 0.3) is 0 Å². The number of hydrogen-bond acceptors (Lipinski definition) is 5. The summed E-state index contributed by atoms with van der Waals surface area (Å²) in [5.74, 6) is -0.395. The minimum Gasteiger partial charge on any atom is -0.497 e. The second-order valence-electron chi connectivity index (χ2n) is 3.55. The summed E-state index contributed by atoms with van der Waals surface area (Å²) in [5, 5.41) is 11.8. The van der Waals surface area contributed by atoms with E-state index in [9.17, 15) is 4.79 Å². The zero-order chi connectivity index (χ0) is 13.8. The van der Waals surface area contributed by atoms with Crippen molar-refractivity contribution in [2.75, 3.05) is 12.4 Å². The summed E-state index contributed by atoms with van der Waals surface area (Å²) in [6.07, 6.45) is 1.24. The highest BCUT2D eigenvalue weighted by Gasteiger charge is 2.12. The van der Waals surface area contributed by atoms with Crippen molar-refractivity contribution in [2.45, 2.75) is 0 Å². The van der Waals surface area contributed by atoms with Gasteiger partial charge in [0.15, 0.2) is 5.69 Å². The van der Waals surface area contributed by atoms with Gasteiger partial charge in [-0.25, -0.2) is 14.8 Å². The van der Waals surface area contributed by atoms with Gasteiger partial charge in [0.2, 0.25) is 5.95 Å². The first-order chi connectivity index (χ1) is 9.10. The largest absolute Gasteiger partial charge is 0.497 e. The Kier molecular flexibility index (Phi) is 3.82. The number of nitrogens with zero attached hydrogens (tertiary/aromatic N) is 2. The van der Waals surface area contributed by atoms with Crippen LogP contribution in [0.4, 0.5) is 11.6 Å². The van der Waals surface area contributed by atoms with Gasteiger partial charge in [0, 0.05) is 11.8 Å². The van der Waals surface area contributed by atoms with Gasteiger partial charge in [0.05, 0.1) is 18.3 Å². The Bertz CT molecular complexity index is 619. The number of aromatic nitrogens is 2. The number of anilines is 2. The van der Waals surface area contributed by atoms with E-state index in [1.807, 2.05) is 0 Å². The third kappa shape index (κ3) is 3.11. The molecule has 1 aromatic carbocycles. The highest BCUT2D eigenvalue weighted by Crippen LogP contribution is 2.21. The SMILES string of the molecule is COc1cccc(Nc2ncc(Cl)c(C(=O)O)n2)c1. The van der Waals surface area contributed by atoms with Crippen LogP contribution in [0.2, 0.25) is 5.02 Å². The van der Waals surface area contributed by atoms with E-state index in [-0.39, 0.29) is 16.7 Å². The van der Waals surface area contributed by atoms with Crippen LogP contribution in [0, 0.1) is 0 Å². The molecule has 0 spiro atoms. The molecule has 1 heterocycles. The number of aromatic carboxylic acids is 1. The van der Waals surface area contributed by atoms with E-state index in [2.05, 4.69) is 15.3 Å². The third-order valence-corrected chi connectivity index (χ3v) is 2.55. The molecular weight excluding hydrogens is 270 g/mol. The first-order valence-corrected chi connectivity index (χ1v) is 5.65. The molecule has 0 saturated heterocycles. The molecule has 0 radical (unpaired) electrons. The van der Waals surface area contributed by atoms with E-state index in [4.69, 9.17) is 21.4 Å². The van der Waals surface area contributed by atoms with Crippen LogP contribution < -0.4 is 10.1 Å². The molecule has 0 bridgehead atoms. The fourth-order valence-corrected chi connectivity index (χ4v) is 1.58. The lowest BCUT2D eigenvalue weighted by Crippen LogP contribution is -2.06. The quantitative estimate of drug-likeness (QED) is 0.895. The number of carboxylic acids is 1. The average Bonchev–Trinajstić information content (AvgIpc) is 2.41. The minimum absolute atomic E-state index is 0.0105. The molecule has 98 valence electrons. The van der Waals surface area contributed by atoms with Crippen molar-refractivity contribution >= 4 is 29.2 Å². The van der Waals surface area contributed by atoms with Crippen LogP contribution in [0.25, 0.3) is 0 Å². The molecule has 19 heavy (non-hydrogen) atoms. The molecule has 1 aromatic heterocycles. The molecule has 0 aliphatic carbocycles. The smallest absolute Gasteiger partial charge is 0.356 e. The first kappa shape index (κ1) is 13.1. The van der Waals surface area contributed by atoms with E-state index in [0.29, 0.717) is 11.4 Å². The van der Waals surface area contributed by atoms with Gasteiger partial charge >= 0.3 is 5.97 Å². The Morgan fingerprint density at radius 3 is 2.95 bits per heavy atom. The molecule has 2 N–H and O–H groups in total. The second-order valence-corrected chi connectivity index (χ2v) is 3.96. The van der Waals surface area contributed by atoms with Crippen LogP contribution in [0.5, 0.6) is 5.75 Å². The minimum atomic E-state index is -1.21. The number of hydrogen-bond donors (Lipinski definition) is 2. The first-order valence-electron chi connectivity index (χ1n) is 5.27. The number of halogens is 1. The number of nitrogens with one attached hydrogen (secondary N) is 1. The predicted octanol–water partition coefficient (Wildman–Crippen LogP) is 2.58. The van der Waals surface area contributed by atoms with Crippen LogP contribution in [0.1, 0.15) is 10.5 Å². The number of carboxylic acid groups (broad SMARTS) is 1. The third-order valence-electron chi connectivity index (χ3n) is 2.27. The van der Waals surface area contributed by atoms with Crippen molar-refractivity contribution in [3.8, 4) is 5.75 Å². The van der Waals surface area contributed by atoms with E-state index in [1.54, 1.807) is 31.4 Å². The fraction of sp³-hybridized carbons (Fsp3) is 0.0833. The van der Waals surface area contributed by atoms with Crippen molar-refractivity contribution in [3.05, 3.63) is 41.2 Å². The lowest BCUT2D eigenvalue weighted by atomic mass is 10.3. The summed E-state index contributed by atoms with van der Waals surface area (Å²) < 4.78 is 5.08. The fourth-order valence-electron chi connectivity index (χ4n) is 1.41. The number of methoxy groups -OCH3 is 1. The summed E-state index contributed by atoms with van der Waals surface area (Å²) >= 11 is 5.69. The number of ether oxygens (including phenoxy) is 1. The van der Waals surface area contributed by atoms with Crippen molar-refractivity contribution < 1.29 is 14.6 Å². The van der Waals surface area contributed by atoms with Crippen LogP contribution in [0.3, 0.4) is 0 Å². The number of rotatable bonds is 4. The Morgan fingerprint density at radius 2 is 2.26 bits per heavy atom. The van der Waals surface area contributed by atoms with Crippen LogP contribution in [-0.2, 0) is 0 Å². The molecule has 2 rings (SSSR count). The molecule has 0 unspecified atom stereocenters. The van der Waals surface area contributed by atoms with Gasteiger partial charge in [-0.3, -0.25) is 0 Å². The van der Waals surface area contributed by atoms with E-state index in [0.717, 1.165) is 0 Å². The Balaban J connectivity index is 2.28. The maximum Gasteiger partial charge on any atom is 0.356 e. The Hall–Kier alpha value is -2.34. The summed E-state index contributed by atoms with van der Waals surface area (Å²) in [7, 11) is 1.56. The molecule has 0 aliphatic heterocycles. The molecule has 7 heteroatoms. The van der Waals surface area contributed by atoms with Gasteiger partial charge < -0.3 is 15.2 Å². The van der Waals surface area contributed by atoms with E-state index >= 15 is 0 Å². The molecule has 0 amide bonds. The van der Waals surface area contributed by atoms with Crippen LogP contribution in [-0.4, -0.2) is 28.2 Å². The van der Waals surface area contributed by atoms with Gasteiger partial charge in [-0.2, -0.15) is 0 Å². The molecule has 0 aliphatic rings. The topological polar surface area (TPSA) is 84.3 Å². The summed E-state index contributed by atoms with van der Waals surface area (Å²) in [4.78, 5) is 18.6. The zero-order valence-corrected chi connectivity index (χ0v) is 10.7. The van der Waals surface area contributed by atoms with Gasteiger partial charge in [-0.05, 0) is 12.1 Å². The summed E-state index contributed by atoms with van der Waals surface area (Å²) in [6.45, 7) is 0. The summed E-state index contributed by atoms with van der Waals surface area (Å²) in [6, 6.07) is 7.09. The van der Waals surface area contributed by atoms with Gasteiger partial charge in [-0.1, -0.05) is 17.7 Å². The lowest BCUT2D eigenvalue weighted by molar-refractivity contribution is 0.0690. The highest BCUT2D eigenvalue weighted by molar-refractivity contribution is 6.33. The monoisotopic (exact) mass is 279 g/mol. The molecule has 6 nitrogen and oxygen atoms in total. The van der Waals surface area contributed by atoms with Gasteiger partial charge in [-0.15, -0.1) is 0 Å². The number of carbonyl (C=O) groups is 1. The van der Waals surface area contributed by atoms with Crippen molar-refractivity contribution in [1.82, 2.24) is 9.97 Å². The maximum absolute atomic E-state index is 10.9. The van der Waals surface area contributed by atoms with Gasteiger partial charge in [0.1, 0.15) is 5.75 Å². The summed E-state index contributed by atoms with van der Waals surface area (Å²) in [5.41, 5.74) is 0.431. The highest BCUT2D eigenvalue weighted by atomic mass is 35.5. The lowest BCUT2D eigenvalue weighted by Gasteiger charge is -2.07. The second kappa shape index (κ2) is 5.53. The molecule has 2 aromatic rings. The normalized spacial score (nSPS) is 10.0. The standard InChI is InChI=1S/C12H10ClN3O3/c1-19-8-4-2-3-7(5-8)15-12-14-6-9(13)10(16-12)11(17)18/h2-6H,1H3,(H,17,18)(H,14,15,16). The predicted molar refractivity (Wildman–Crippen MR) is 70.3 cm³/mol. The molecular formula is C12H10ClN3O3. The molecule has 0 fully saturated rings. The Morgan fingerprint density at radius 1 is 1.47 bits per heavy atom. The van der Waals surface area contributed by atoms with Crippen molar-refractivity contribution in [1.29, 1.82) is 0 Å². The zero-order valence-electron chi connectivity index (χ0n) is 9.92. The number of benzene rings is 1. The van der Waals surface area contributed by atoms with Crippen molar-refractivity contribution in [3.63, 3.8) is 0 Å². The van der Waals surface area contributed by atoms with E-state index in [1.165, 1.54) is 6.20 Å². The van der Waals surface area contributed by atoms with Crippen molar-refractivity contribution in [2.24, 2.45) is 0 Å². The maximum atomic E-state index is 10.9.